The van der Waals surface area contributed by atoms with Gasteiger partial charge in [0.25, 0.3) is 5.91 Å². The van der Waals surface area contributed by atoms with Gasteiger partial charge in [0.15, 0.2) is 24.0 Å². The average molecular weight is 438 g/mol. The number of aliphatic hydroxyl groups excluding tert-OH is 1. The Morgan fingerprint density at radius 2 is 2.22 bits per heavy atom. The van der Waals surface area contributed by atoms with Gasteiger partial charge >= 0.3 is 0 Å². The van der Waals surface area contributed by atoms with E-state index in [1.165, 1.54) is 12.0 Å². The molecule has 2 aliphatic rings. The molecule has 0 bridgehead atoms. The summed E-state index contributed by atoms with van der Waals surface area (Å²) in [5, 5.41) is 14.4. The maximum atomic E-state index is 15.2. The van der Waals surface area contributed by atoms with E-state index in [9.17, 15) is 9.90 Å². The van der Waals surface area contributed by atoms with E-state index in [-0.39, 0.29) is 35.7 Å². The van der Waals surface area contributed by atoms with E-state index in [2.05, 4.69) is 10.1 Å². The van der Waals surface area contributed by atoms with Crippen LogP contribution < -0.4 is 9.47 Å². The number of nitrogens with zero attached hydrogens (tertiary/aromatic N) is 4. The van der Waals surface area contributed by atoms with Crippen molar-refractivity contribution in [3.8, 4) is 17.3 Å². The van der Waals surface area contributed by atoms with Crippen LogP contribution in [0.4, 0.5) is 4.39 Å². The van der Waals surface area contributed by atoms with E-state index in [1.54, 1.807) is 29.3 Å². The first-order valence-electron chi connectivity index (χ1n) is 10.5. The van der Waals surface area contributed by atoms with Crippen LogP contribution in [-0.2, 0) is 6.42 Å². The summed E-state index contributed by atoms with van der Waals surface area (Å²) in [5.41, 5.74) is 1.48. The van der Waals surface area contributed by atoms with Gasteiger partial charge in [-0.1, -0.05) is 6.07 Å². The van der Waals surface area contributed by atoms with Gasteiger partial charge in [-0.2, -0.15) is 9.49 Å². The van der Waals surface area contributed by atoms with Gasteiger partial charge in [-0.3, -0.25) is 9.69 Å². The molecular formula is C23H23FN4O4. The van der Waals surface area contributed by atoms with Gasteiger partial charge in [-0.15, -0.1) is 0 Å². The van der Waals surface area contributed by atoms with Crippen LogP contribution in [0.2, 0.25) is 0 Å². The van der Waals surface area contributed by atoms with Crippen LogP contribution in [0.3, 0.4) is 0 Å². The quantitative estimate of drug-likeness (QED) is 0.659. The maximum absolute atomic E-state index is 15.2. The number of carbonyl (C=O) groups excluding carboxylic acids is 1. The summed E-state index contributed by atoms with van der Waals surface area (Å²) in [6.45, 7) is -0.0915. The van der Waals surface area contributed by atoms with Gasteiger partial charge in [0, 0.05) is 30.6 Å². The summed E-state index contributed by atoms with van der Waals surface area (Å²) in [7, 11) is 1.39. The second kappa shape index (κ2) is 8.23. The number of methoxy groups -OCH3 is 1. The third kappa shape index (κ3) is 3.48. The number of hydrogen-bond donors (Lipinski definition) is 1. The molecule has 2 aromatic heterocycles. The summed E-state index contributed by atoms with van der Waals surface area (Å²) >= 11 is 0. The molecule has 0 radical (unpaired) electrons. The number of aromatic nitrogens is 3. The van der Waals surface area contributed by atoms with Crippen LogP contribution in [0, 0.1) is 5.82 Å². The molecule has 9 heteroatoms. The molecule has 5 rings (SSSR count). The minimum Gasteiger partial charge on any atom is -0.493 e. The highest BCUT2D eigenvalue weighted by atomic mass is 19.1. The Kier molecular flexibility index (Phi) is 5.26. The molecule has 3 heterocycles. The number of benzene rings is 1. The van der Waals surface area contributed by atoms with Crippen LogP contribution >= 0.6 is 0 Å². The van der Waals surface area contributed by atoms with Gasteiger partial charge in [-0.05, 0) is 43.0 Å². The van der Waals surface area contributed by atoms with Crippen molar-refractivity contribution < 1.29 is 23.8 Å². The van der Waals surface area contributed by atoms with Crippen molar-refractivity contribution in [1.82, 2.24) is 19.7 Å². The standard InChI is InChI=1S/C23H23FN4O4/c1-31-21-15(10-14-6-7-19(25-12-14)28-9-3-8-26-28)11-16-22(20(21)24)32-13-27(23(16)30)17-4-2-5-18(17)29/h3,6-9,11-12,17-18,29H,2,4-5,10,13H2,1H3/t17-,18-/m1/s1. The maximum Gasteiger partial charge on any atom is 0.260 e. The largest absolute Gasteiger partial charge is 0.493 e. The molecule has 32 heavy (non-hydrogen) atoms. The molecular weight excluding hydrogens is 415 g/mol. The first kappa shape index (κ1) is 20.4. The molecule has 2 atom stereocenters. The van der Waals surface area contributed by atoms with Gasteiger partial charge < -0.3 is 14.6 Å². The van der Waals surface area contributed by atoms with Gasteiger partial charge in [0.2, 0.25) is 5.82 Å². The van der Waals surface area contributed by atoms with Crippen molar-refractivity contribution >= 4 is 5.91 Å². The number of amides is 1. The fourth-order valence-electron chi connectivity index (χ4n) is 4.48. The third-order valence-electron chi connectivity index (χ3n) is 6.08. The monoisotopic (exact) mass is 438 g/mol. The Morgan fingerprint density at radius 1 is 1.34 bits per heavy atom. The summed E-state index contributed by atoms with van der Waals surface area (Å²) in [5.74, 6) is -0.432. The first-order valence-corrected chi connectivity index (χ1v) is 10.5. The van der Waals surface area contributed by atoms with E-state index in [4.69, 9.17) is 9.47 Å². The van der Waals surface area contributed by atoms with E-state index < -0.39 is 11.9 Å². The van der Waals surface area contributed by atoms with Gasteiger partial charge in [0.05, 0.1) is 24.8 Å². The molecule has 1 N–H and O–H groups in total. The van der Waals surface area contributed by atoms with Crippen molar-refractivity contribution in [3.05, 3.63) is 65.4 Å². The topological polar surface area (TPSA) is 89.7 Å². The van der Waals surface area contributed by atoms with Crippen molar-refractivity contribution in [2.24, 2.45) is 0 Å². The third-order valence-corrected chi connectivity index (χ3v) is 6.08. The molecule has 1 saturated carbocycles. The van der Waals surface area contributed by atoms with Crippen molar-refractivity contribution in [2.45, 2.75) is 37.8 Å². The van der Waals surface area contributed by atoms with Gasteiger partial charge in [0.1, 0.15) is 0 Å². The van der Waals surface area contributed by atoms with Crippen molar-refractivity contribution in [2.75, 3.05) is 13.8 Å². The molecule has 3 aromatic rings. The molecule has 0 spiro atoms. The number of rotatable bonds is 5. The van der Waals surface area contributed by atoms with Crippen molar-refractivity contribution in [3.63, 3.8) is 0 Å². The van der Waals surface area contributed by atoms with Crippen LogP contribution in [-0.4, -0.2) is 56.7 Å². The number of fused-ring (bicyclic) bond motifs is 1. The normalized spacial score (nSPS) is 20.2. The Bertz CT molecular complexity index is 1130. The Balaban J connectivity index is 1.46. The fraction of sp³-hybridized carbons (Fsp3) is 0.348. The lowest BCUT2D eigenvalue weighted by molar-refractivity contribution is 0.0114. The van der Waals surface area contributed by atoms with Gasteiger partial charge in [-0.25, -0.2) is 9.67 Å². The average Bonchev–Trinajstić information content (AvgIpc) is 3.48. The lowest BCUT2D eigenvalue weighted by Crippen LogP contribution is -2.48. The van der Waals surface area contributed by atoms with Crippen LogP contribution in [0.1, 0.15) is 40.7 Å². The number of ether oxygens (including phenoxy) is 2. The Hall–Kier alpha value is -3.46. The number of pyridine rings is 1. The Labute approximate surface area is 184 Å². The first-order chi connectivity index (χ1) is 15.6. The molecule has 0 saturated heterocycles. The van der Waals surface area contributed by atoms with Crippen molar-refractivity contribution in [1.29, 1.82) is 0 Å². The lowest BCUT2D eigenvalue weighted by Gasteiger charge is -2.35. The Morgan fingerprint density at radius 3 is 2.88 bits per heavy atom. The minimum absolute atomic E-state index is 0.0436. The highest BCUT2D eigenvalue weighted by molar-refractivity contribution is 5.98. The predicted octanol–water partition coefficient (Wildman–Crippen LogP) is 2.71. The number of hydrogen-bond acceptors (Lipinski definition) is 6. The number of carbonyl (C=O) groups is 1. The zero-order valence-corrected chi connectivity index (χ0v) is 17.6. The molecule has 1 aromatic carbocycles. The molecule has 1 amide bonds. The second-order valence-corrected chi connectivity index (χ2v) is 8.03. The summed E-state index contributed by atoms with van der Waals surface area (Å²) < 4.78 is 27.8. The molecule has 0 unspecified atom stereocenters. The zero-order valence-electron chi connectivity index (χ0n) is 17.6. The molecule has 166 valence electrons. The summed E-state index contributed by atoms with van der Waals surface area (Å²) in [6.07, 6.45) is 7.06. The number of halogens is 1. The van der Waals surface area contributed by atoms with E-state index in [0.29, 0.717) is 30.6 Å². The lowest BCUT2D eigenvalue weighted by atomic mass is 9.99. The summed E-state index contributed by atoms with van der Waals surface area (Å²) in [4.78, 5) is 19.1. The van der Waals surface area contributed by atoms with Crippen LogP contribution in [0.25, 0.3) is 5.82 Å². The molecule has 1 aliphatic carbocycles. The molecule has 1 fully saturated rings. The highest BCUT2D eigenvalue weighted by Crippen LogP contribution is 2.39. The highest BCUT2D eigenvalue weighted by Gasteiger charge is 2.39. The van der Waals surface area contributed by atoms with E-state index in [1.807, 2.05) is 18.2 Å². The predicted molar refractivity (Wildman–Crippen MR) is 112 cm³/mol. The smallest absolute Gasteiger partial charge is 0.260 e. The summed E-state index contributed by atoms with van der Waals surface area (Å²) in [6, 6.07) is 6.81. The fourth-order valence-corrected chi connectivity index (χ4v) is 4.48. The minimum atomic E-state index is -0.693. The number of aliphatic hydroxyl groups is 1. The molecule has 1 aliphatic heterocycles. The second-order valence-electron chi connectivity index (χ2n) is 8.03. The molecule has 8 nitrogen and oxygen atoms in total. The van der Waals surface area contributed by atoms with Crippen LogP contribution in [0.15, 0.2) is 42.9 Å². The zero-order chi connectivity index (χ0) is 22.2. The van der Waals surface area contributed by atoms with Crippen LogP contribution in [0.5, 0.6) is 11.5 Å². The SMILES string of the molecule is COc1c(Cc2ccc(-n3cccn3)nc2)cc2c(c1F)OCN([C@@H]1CCC[C@H]1O)C2=O. The van der Waals surface area contributed by atoms with E-state index in [0.717, 1.165) is 12.0 Å². The van der Waals surface area contributed by atoms with E-state index >= 15 is 4.39 Å².